The van der Waals surface area contributed by atoms with Crippen LogP contribution in [0.2, 0.25) is 0 Å². The fourth-order valence-electron chi connectivity index (χ4n) is 2.65. The number of furan rings is 1. The number of alkyl halides is 3. The zero-order valence-electron chi connectivity index (χ0n) is 17.1. The Hall–Kier alpha value is -3.37. The lowest BCUT2D eigenvalue weighted by atomic mass is 9.95. The van der Waals surface area contributed by atoms with E-state index in [9.17, 15) is 32.9 Å². The molecule has 2 aromatic rings. The van der Waals surface area contributed by atoms with Gasteiger partial charge in [0.1, 0.15) is 4.92 Å². The van der Waals surface area contributed by atoms with Crippen molar-refractivity contribution in [2.45, 2.75) is 33.5 Å². The minimum Gasteiger partial charge on any atom is -0.450 e. The molecule has 1 heterocycles. The summed E-state index contributed by atoms with van der Waals surface area (Å²) in [6, 6.07) is 6.45. The van der Waals surface area contributed by atoms with Gasteiger partial charge in [-0.15, -0.1) is 0 Å². The maximum absolute atomic E-state index is 12.7. The summed E-state index contributed by atoms with van der Waals surface area (Å²) in [7, 11) is 0. The molecule has 1 aromatic carbocycles. The molecular weight excluding hydrogens is 421 g/mol. The molecule has 0 aliphatic carbocycles. The fraction of sp³-hybridized carbons (Fsp3) is 0.400. The highest BCUT2D eigenvalue weighted by Crippen LogP contribution is 2.29. The van der Waals surface area contributed by atoms with E-state index < -0.39 is 46.8 Å². The fourth-order valence-corrected chi connectivity index (χ4v) is 2.65. The first kappa shape index (κ1) is 23.9. The van der Waals surface area contributed by atoms with Gasteiger partial charge in [-0.2, -0.15) is 13.2 Å². The molecule has 0 aliphatic heterocycles. The highest BCUT2D eigenvalue weighted by Gasteiger charge is 2.30. The van der Waals surface area contributed by atoms with Crippen LogP contribution in [0.15, 0.2) is 40.8 Å². The van der Waals surface area contributed by atoms with Gasteiger partial charge in [0.05, 0.1) is 11.6 Å². The van der Waals surface area contributed by atoms with Crippen molar-refractivity contribution in [2.24, 2.45) is 5.41 Å². The van der Waals surface area contributed by atoms with Gasteiger partial charge in [0.15, 0.2) is 6.61 Å². The third-order valence-electron chi connectivity index (χ3n) is 3.97. The molecule has 168 valence electrons. The van der Waals surface area contributed by atoms with Crippen LogP contribution in [-0.4, -0.2) is 34.9 Å². The van der Waals surface area contributed by atoms with Gasteiger partial charge in [-0.3, -0.25) is 14.9 Å². The number of benzene rings is 1. The Morgan fingerprint density at radius 3 is 2.19 bits per heavy atom. The number of esters is 1. The molecule has 11 heteroatoms. The highest BCUT2D eigenvalue weighted by molar-refractivity contribution is 5.89. The van der Waals surface area contributed by atoms with E-state index in [1.807, 2.05) is 20.8 Å². The number of nitrogens with zero attached hydrogens (tertiary/aromatic N) is 2. The molecule has 8 nitrogen and oxygen atoms in total. The number of hydrogen-bond acceptors (Lipinski definition) is 6. The quantitative estimate of drug-likeness (QED) is 0.357. The van der Waals surface area contributed by atoms with Gasteiger partial charge >= 0.3 is 18.0 Å². The van der Waals surface area contributed by atoms with E-state index in [-0.39, 0.29) is 18.5 Å². The van der Waals surface area contributed by atoms with Crippen molar-refractivity contribution in [1.29, 1.82) is 0 Å². The van der Waals surface area contributed by atoms with Gasteiger partial charge in [-0.05, 0) is 29.2 Å². The van der Waals surface area contributed by atoms with E-state index in [1.165, 1.54) is 17.0 Å². The molecule has 0 unspecified atom stereocenters. The number of hydrogen-bond donors (Lipinski definition) is 0. The molecule has 0 N–H and O–H groups in total. The minimum atomic E-state index is -4.46. The second-order valence-corrected chi connectivity index (χ2v) is 7.98. The zero-order chi connectivity index (χ0) is 23.4. The Labute approximate surface area is 175 Å². The molecule has 0 saturated heterocycles. The lowest BCUT2D eigenvalue weighted by Gasteiger charge is -2.30. The lowest BCUT2D eigenvalue weighted by molar-refractivity contribution is -0.402. The Kier molecular flexibility index (Phi) is 7.09. The Morgan fingerprint density at radius 2 is 1.71 bits per heavy atom. The van der Waals surface area contributed by atoms with Crippen LogP contribution in [0.5, 0.6) is 0 Å². The summed E-state index contributed by atoms with van der Waals surface area (Å²) in [5, 5.41) is 10.6. The third-order valence-corrected chi connectivity index (χ3v) is 3.97. The van der Waals surface area contributed by atoms with E-state index in [4.69, 9.17) is 9.15 Å². The molecule has 31 heavy (non-hydrogen) atoms. The molecule has 0 spiro atoms. The van der Waals surface area contributed by atoms with Crippen LogP contribution in [0.4, 0.5) is 19.1 Å². The van der Waals surface area contributed by atoms with E-state index in [1.54, 1.807) is 0 Å². The molecule has 1 amide bonds. The van der Waals surface area contributed by atoms with Crippen molar-refractivity contribution in [3.05, 3.63) is 63.4 Å². The van der Waals surface area contributed by atoms with Gasteiger partial charge < -0.3 is 14.1 Å². The Morgan fingerprint density at radius 1 is 1.10 bits per heavy atom. The number of nitro groups is 1. The van der Waals surface area contributed by atoms with Crippen LogP contribution in [0, 0.1) is 15.5 Å². The SMILES string of the molecule is CC(C)(C)CN(Cc1ccc(C(F)(F)F)cc1)C(=O)COC(=O)c1ccc([N+](=O)[O-])o1. The van der Waals surface area contributed by atoms with E-state index >= 15 is 0 Å². The summed E-state index contributed by atoms with van der Waals surface area (Å²) < 4.78 is 47.8. The smallest absolute Gasteiger partial charge is 0.433 e. The minimum absolute atomic E-state index is 0.0119. The number of amides is 1. The van der Waals surface area contributed by atoms with Gasteiger partial charge in [-0.25, -0.2) is 4.79 Å². The number of ether oxygens (including phenoxy) is 1. The van der Waals surface area contributed by atoms with Crippen LogP contribution in [-0.2, 0) is 22.3 Å². The van der Waals surface area contributed by atoms with Crippen molar-refractivity contribution < 1.29 is 36.8 Å². The summed E-state index contributed by atoms with van der Waals surface area (Å²) in [4.78, 5) is 35.7. The topological polar surface area (TPSA) is 103 Å². The zero-order valence-corrected chi connectivity index (χ0v) is 17.1. The summed E-state index contributed by atoms with van der Waals surface area (Å²) in [5.74, 6) is -2.70. The maximum Gasteiger partial charge on any atom is 0.433 e. The van der Waals surface area contributed by atoms with Gasteiger partial charge in [0.25, 0.3) is 5.91 Å². The molecule has 0 fully saturated rings. The van der Waals surface area contributed by atoms with Crippen molar-refractivity contribution in [3.63, 3.8) is 0 Å². The monoisotopic (exact) mass is 442 g/mol. The van der Waals surface area contributed by atoms with Crippen LogP contribution >= 0.6 is 0 Å². The van der Waals surface area contributed by atoms with Crippen LogP contribution < -0.4 is 0 Å². The van der Waals surface area contributed by atoms with Crippen LogP contribution in [0.1, 0.15) is 42.5 Å². The molecule has 1 aromatic heterocycles. The van der Waals surface area contributed by atoms with Crippen LogP contribution in [0.25, 0.3) is 0 Å². The molecule has 0 saturated carbocycles. The first-order valence-corrected chi connectivity index (χ1v) is 9.11. The predicted octanol–water partition coefficient (Wildman–Crippen LogP) is 4.44. The van der Waals surface area contributed by atoms with Gasteiger partial charge in [0, 0.05) is 13.1 Å². The third kappa shape index (κ3) is 7.12. The second-order valence-electron chi connectivity index (χ2n) is 7.98. The van der Waals surface area contributed by atoms with Gasteiger partial charge in [0.2, 0.25) is 5.76 Å². The summed E-state index contributed by atoms with van der Waals surface area (Å²) >= 11 is 0. The standard InChI is InChI=1S/C20H21F3N2O6/c1-19(2,3)12-24(10-13-4-6-14(7-5-13)20(21,22)23)16(26)11-30-18(27)15-8-9-17(31-15)25(28)29/h4-9H,10-12H2,1-3H3. The Balaban J connectivity index is 2.07. The molecule has 0 aliphatic rings. The molecular formula is C20H21F3N2O6. The highest BCUT2D eigenvalue weighted by atomic mass is 19.4. The lowest BCUT2D eigenvalue weighted by Crippen LogP contribution is -2.39. The van der Waals surface area contributed by atoms with Crippen molar-refractivity contribution in [1.82, 2.24) is 4.90 Å². The summed E-state index contributed by atoms with van der Waals surface area (Å²) in [6.07, 6.45) is -4.46. The van der Waals surface area contributed by atoms with Crippen molar-refractivity contribution in [2.75, 3.05) is 13.2 Å². The normalized spacial score (nSPS) is 11.8. The van der Waals surface area contributed by atoms with Crippen molar-refractivity contribution in [3.8, 4) is 0 Å². The largest absolute Gasteiger partial charge is 0.450 e. The number of rotatable bonds is 7. The number of carbonyl (C=O) groups excluding carboxylic acids is 2. The van der Waals surface area contributed by atoms with E-state index in [2.05, 4.69) is 0 Å². The van der Waals surface area contributed by atoms with Gasteiger partial charge in [-0.1, -0.05) is 32.9 Å². The maximum atomic E-state index is 12.7. The Bertz CT molecular complexity index is 945. The summed E-state index contributed by atoms with van der Waals surface area (Å²) in [5.41, 5.74) is -0.669. The first-order valence-electron chi connectivity index (χ1n) is 9.11. The second kappa shape index (κ2) is 9.19. The predicted molar refractivity (Wildman–Crippen MR) is 102 cm³/mol. The summed E-state index contributed by atoms with van der Waals surface area (Å²) in [6.45, 7) is 5.20. The molecule has 0 radical (unpaired) electrons. The van der Waals surface area contributed by atoms with E-state index in [0.29, 0.717) is 5.56 Å². The average molecular weight is 442 g/mol. The number of carbonyl (C=O) groups is 2. The molecule has 2 rings (SSSR count). The first-order chi connectivity index (χ1) is 14.3. The average Bonchev–Trinajstić information content (AvgIpc) is 3.14. The van der Waals surface area contributed by atoms with Crippen LogP contribution in [0.3, 0.4) is 0 Å². The molecule has 0 bridgehead atoms. The number of halogens is 3. The van der Waals surface area contributed by atoms with Crippen molar-refractivity contribution >= 4 is 17.8 Å². The molecule has 0 atom stereocenters. The van der Waals surface area contributed by atoms with E-state index in [0.717, 1.165) is 24.3 Å².